The Labute approximate surface area is 145 Å². The van der Waals surface area contributed by atoms with E-state index in [0.717, 1.165) is 17.0 Å². The number of ether oxygens (including phenoxy) is 1. The van der Waals surface area contributed by atoms with Crippen molar-refractivity contribution in [2.75, 3.05) is 13.2 Å². The standard InChI is InChI=1S/C17H23N3O3S/c1-4-23-16(22)6-5-15(21)18-8-9-20-13(3)17(12(2)19-20)14-7-10-24-11-14/h7,10-11H,4-6,8-9H2,1-3H3,(H,18,21). The van der Waals surface area contributed by atoms with Crippen molar-refractivity contribution >= 4 is 23.2 Å². The lowest BCUT2D eigenvalue weighted by atomic mass is 10.1. The lowest BCUT2D eigenvalue weighted by Gasteiger charge is -2.07. The maximum atomic E-state index is 11.7. The van der Waals surface area contributed by atoms with E-state index in [1.165, 1.54) is 5.56 Å². The molecule has 0 atom stereocenters. The van der Waals surface area contributed by atoms with Crippen molar-refractivity contribution in [2.45, 2.75) is 40.2 Å². The molecule has 0 spiro atoms. The molecule has 1 N–H and O–H groups in total. The topological polar surface area (TPSA) is 73.2 Å². The van der Waals surface area contributed by atoms with Gasteiger partial charge in [-0.2, -0.15) is 16.4 Å². The first kappa shape index (κ1) is 18.2. The van der Waals surface area contributed by atoms with E-state index in [-0.39, 0.29) is 24.7 Å². The number of nitrogens with zero attached hydrogens (tertiary/aromatic N) is 2. The Morgan fingerprint density at radius 1 is 1.33 bits per heavy atom. The zero-order valence-corrected chi connectivity index (χ0v) is 15.1. The molecule has 0 aliphatic heterocycles. The highest BCUT2D eigenvalue weighted by atomic mass is 32.1. The van der Waals surface area contributed by atoms with Crippen molar-refractivity contribution in [3.05, 3.63) is 28.2 Å². The van der Waals surface area contributed by atoms with Gasteiger partial charge in [-0.25, -0.2) is 0 Å². The van der Waals surface area contributed by atoms with Gasteiger partial charge in [0.05, 0.1) is 25.3 Å². The van der Waals surface area contributed by atoms with Gasteiger partial charge >= 0.3 is 5.97 Å². The second kappa shape index (κ2) is 8.63. The molecular formula is C17H23N3O3S. The van der Waals surface area contributed by atoms with Crippen LogP contribution in [0.25, 0.3) is 11.1 Å². The molecule has 0 radical (unpaired) electrons. The predicted octanol–water partition coefficient (Wildman–Crippen LogP) is 2.69. The fourth-order valence-electron chi connectivity index (χ4n) is 2.58. The van der Waals surface area contributed by atoms with Crippen molar-refractivity contribution in [3.63, 3.8) is 0 Å². The highest BCUT2D eigenvalue weighted by Crippen LogP contribution is 2.28. The minimum Gasteiger partial charge on any atom is -0.466 e. The molecule has 7 heteroatoms. The van der Waals surface area contributed by atoms with Crippen LogP contribution in [0.2, 0.25) is 0 Å². The number of amides is 1. The molecular weight excluding hydrogens is 326 g/mol. The number of esters is 1. The quantitative estimate of drug-likeness (QED) is 0.744. The second-order valence-electron chi connectivity index (χ2n) is 5.44. The van der Waals surface area contributed by atoms with Gasteiger partial charge in [0, 0.05) is 24.2 Å². The molecule has 1 amide bonds. The summed E-state index contributed by atoms with van der Waals surface area (Å²) in [6.45, 7) is 7.19. The molecule has 2 aromatic rings. The summed E-state index contributed by atoms with van der Waals surface area (Å²) in [4.78, 5) is 23.0. The molecule has 130 valence electrons. The molecule has 0 aliphatic carbocycles. The van der Waals surface area contributed by atoms with Crippen LogP contribution < -0.4 is 5.32 Å². The van der Waals surface area contributed by atoms with Crippen LogP contribution in [0.1, 0.15) is 31.2 Å². The third-order valence-electron chi connectivity index (χ3n) is 3.70. The monoisotopic (exact) mass is 349 g/mol. The number of hydrogen-bond donors (Lipinski definition) is 1. The zero-order chi connectivity index (χ0) is 17.5. The van der Waals surface area contributed by atoms with Gasteiger partial charge in [0.25, 0.3) is 0 Å². The van der Waals surface area contributed by atoms with E-state index in [0.29, 0.717) is 19.7 Å². The number of carbonyl (C=O) groups is 2. The van der Waals surface area contributed by atoms with Crippen molar-refractivity contribution in [1.29, 1.82) is 0 Å². The van der Waals surface area contributed by atoms with E-state index in [9.17, 15) is 9.59 Å². The van der Waals surface area contributed by atoms with E-state index >= 15 is 0 Å². The molecule has 6 nitrogen and oxygen atoms in total. The molecule has 0 saturated carbocycles. The molecule has 0 fully saturated rings. The van der Waals surface area contributed by atoms with Gasteiger partial charge in [-0.3, -0.25) is 14.3 Å². The summed E-state index contributed by atoms with van der Waals surface area (Å²) in [5.41, 5.74) is 4.41. The highest BCUT2D eigenvalue weighted by molar-refractivity contribution is 7.08. The van der Waals surface area contributed by atoms with Crippen LogP contribution in [0.5, 0.6) is 0 Å². The lowest BCUT2D eigenvalue weighted by molar-refractivity contribution is -0.144. The summed E-state index contributed by atoms with van der Waals surface area (Å²) >= 11 is 1.66. The smallest absolute Gasteiger partial charge is 0.306 e. The van der Waals surface area contributed by atoms with Crippen molar-refractivity contribution < 1.29 is 14.3 Å². The Bertz CT molecular complexity index is 692. The summed E-state index contributed by atoms with van der Waals surface area (Å²) in [6, 6.07) is 2.09. The molecule has 2 heterocycles. The van der Waals surface area contributed by atoms with E-state index in [2.05, 4.69) is 27.2 Å². The number of aromatic nitrogens is 2. The van der Waals surface area contributed by atoms with E-state index in [4.69, 9.17) is 4.74 Å². The summed E-state index contributed by atoms with van der Waals surface area (Å²) in [6.07, 6.45) is 0.262. The van der Waals surface area contributed by atoms with Crippen LogP contribution in [0.15, 0.2) is 16.8 Å². The van der Waals surface area contributed by atoms with Gasteiger partial charge in [-0.15, -0.1) is 0 Å². The van der Waals surface area contributed by atoms with Crippen LogP contribution >= 0.6 is 11.3 Å². The zero-order valence-electron chi connectivity index (χ0n) is 14.3. The van der Waals surface area contributed by atoms with Crippen LogP contribution in [0.3, 0.4) is 0 Å². The second-order valence-corrected chi connectivity index (χ2v) is 6.22. The number of rotatable bonds is 8. The van der Waals surface area contributed by atoms with Crippen molar-refractivity contribution in [2.24, 2.45) is 0 Å². The Hall–Kier alpha value is -2.15. The summed E-state index contributed by atoms with van der Waals surface area (Å²) in [5.74, 6) is -0.491. The molecule has 0 bridgehead atoms. The average molecular weight is 349 g/mol. The normalized spacial score (nSPS) is 10.6. The van der Waals surface area contributed by atoms with E-state index in [1.807, 2.05) is 18.5 Å². The molecule has 0 aliphatic rings. The van der Waals surface area contributed by atoms with Gasteiger partial charge in [-0.05, 0) is 43.2 Å². The highest BCUT2D eigenvalue weighted by Gasteiger charge is 2.14. The SMILES string of the molecule is CCOC(=O)CCC(=O)NCCn1nc(C)c(-c2ccsc2)c1C. The molecule has 24 heavy (non-hydrogen) atoms. The number of nitrogens with one attached hydrogen (secondary N) is 1. The fraction of sp³-hybridized carbons (Fsp3) is 0.471. The van der Waals surface area contributed by atoms with Crippen LogP contribution in [-0.2, 0) is 20.9 Å². The molecule has 0 saturated heterocycles. The third-order valence-corrected chi connectivity index (χ3v) is 4.38. The minimum absolute atomic E-state index is 0.113. The first-order valence-corrected chi connectivity index (χ1v) is 8.96. The number of carbonyl (C=O) groups excluding carboxylic acids is 2. The Balaban J connectivity index is 1.84. The number of aryl methyl sites for hydroxylation is 1. The third kappa shape index (κ3) is 4.67. The van der Waals surface area contributed by atoms with Gasteiger partial charge in [0.2, 0.25) is 5.91 Å². The first-order chi connectivity index (χ1) is 11.5. The first-order valence-electron chi connectivity index (χ1n) is 8.01. The van der Waals surface area contributed by atoms with Crippen LogP contribution in [0, 0.1) is 13.8 Å². The van der Waals surface area contributed by atoms with Gasteiger partial charge in [0.1, 0.15) is 0 Å². The van der Waals surface area contributed by atoms with Crippen LogP contribution in [0.4, 0.5) is 0 Å². The van der Waals surface area contributed by atoms with Gasteiger partial charge in [0.15, 0.2) is 0 Å². The number of thiophene rings is 1. The molecule has 2 rings (SSSR count). The van der Waals surface area contributed by atoms with Crippen molar-refractivity contribution in [3.8, 4) is 11.1 Å². The Morgan fingerprint density at radius 3 is 2.79 bits per heavy atom. The summed E-state index contributed by atoms with van der Waals surface area (Å²) in [7, 11) is 0. The number of hydrogen-bond acceptors (Lipinski definition) is 5. The van der Waals surface area contributed by atoms with Crippen molar-refractivity contribution in [1.82, 2.24) is 15.1 Å². The van der Waals surface area contributed by atoms with Gasteiger partial charge in [-0.1, -0.05) is 0 Å². The van der Waals surface area contributed by atoms with Gasteiger partial charge < -0.3 is 10.1 Å². The molecule has 0 unspecified atom stereocenters. The van der Waals surface area contributed by atoms with E-state index < -0.39 is 0 Å². The summed E-state index contributed by atoms with van der Waals surface area (Å²) < 4.78 is 6.71. The maximum absolute atomic E-state index is 11.7. The predicted molar refractivity (Wildman–Crippen MR) is 93.9 cm³/mol. The summed E-state index contributed by atoms with van der Waals surface area (Å²) in [5, 5.41) is 11.5. The minimum atomic E-state index is -0.341. The van der Waals surface area contributed by atoms with Crippen LogP contribution in [-0.4, -0.2) is 34.8 Å². The Kier molecular flexibility index (Phi) is 6.54. The maximum Gasteiger partial charge on any atom is 0.306 e. The molecule has 2 aromatic heterocycles. The fourth-order valence-corrected chi connectivity index (χ4v) is 3.22. The average Bonchev–Trinajstić information content (AvgIpc) is 3.14. The lowest BCUT2D eigenvalue weighted by Crippen LogP contribution is -2.28. The molecule has 0 aromatic carbocycles. The Morgan fingerprint density at radius 2 is 2.12 bits per heavy atom. The largest absolute Gasteiger partial charge is 0.466 e. The van der Waals surface area contributed by atoms with E-state index in [1.54, 1.807) is 18.3 Å².